The maximum atomic E-state index is 13.4. The summed E-state index contributed by atoms with van der Waals surface area (Å²) in [6, 6.07) is 5.80. The zero-order valence-electron chi connectivity index (χ0n) is 18.6. The highest BCUT2D eigenvalue weighted by Crippen LogP contribution is 2.32. The lowest BCUT2D eigenvalue weighted by atomic mass is 9.92. The Morgan fingerprint density at radius 1 is 1.18 bits per heavy atom. The van der Waals surface area contributed by atoms with Gasteiger partial charge in [0.15, 0.2) is 0 Å². The van der Waals surface area contributed by atoms with Gasteiger partial charge in [0.05, 0.1) is 24.4 Å². The number of hydrogen-bond donors (Lipinski definition) is 1. The predicted octanol–water partition coefficient (Wildman–Crippen LogP) is 3.27. The molecule has 4 amide bonds. The van der Waals surface area contributed by atoms with Gasteiger partial charge in [-0.2, -0.15) is 0 Å². The number of nitrogens with zero attached hydrogens (tertiary/aromatic N) is 3. The molecule has 0 bridgehead atoms. The minimum absolute atomic E-state index is 0.00508. The monoisotopic (exact) mass is 488 g/mol. The number of benzene rings is 1. The first kappa shape index (κ1) is 23.8. The number of thioether (sulfide) groups is 2. The van der Waals surface area contributed by atoms with Crippen LogP contribution in [0.15, 0.2) is 29.3 Å². The first-order chi connectivity index (χ1) is 15.9. The Morgan fingerprint density at radius 2 is 1.91 bits per heavy atom. The van der Waals surface area contributed by atoms with Gasteiger partial charge in [0, 0.05) is 24.4 Å². The summed E-state index contributed by atoms with van der Waals surface area (Å²) in [4.78, 5) is 58.2. The van der Waals surface area contributed by atoms with E-state index < -0.39 is 6.04 Å². The molecule has 0 spiro atoms. The molecule has 1 unspecified atom stereocenters. The molecule has 1 saturated heterocycles. The van der Waals surface area contributed by atoms with Crippen LogP contribution in [-0.4, -0.2) is 63.0 Å². The molecule has 33 heavy (non-hydrogen) atoms. The molecule has 3 aliphatic rings. The zero-order chi connectivity index (χ0) is 23.4. The van der Waals surface area contributed by atoms with Crippen molar-refractivity contribution in [3.05, 3.63) is 24.3 Å². The molecule has 1 saturated carbocycles. The van der Waals surface area contributed by atoms with Crippen LogP contribution < -0.4 is 10.2 Å². The number of nitrogens with one attached hydrogen (secondary N) is 1. The minimum atomic E-state index is -0.776. The quantitative estimate of drug-likeness (QED) is 0.617. The van der Waals surface area contributed by atoms with Gasteiger partial charge in [-0.15, -0.1) is 0 Å². The fourth-order valence-corrected chi connectivity index (χ4v) is 6.47. The van der Waals surface area contributed by atoms with Gasteiger partial charge in [0.2, 0.25) is 17.7 Å². The fourth-order valence-electron chi connectivity index (χ4n) is 4.59. The number of rotatable bonds is 6. The van der Waals surface area contributed by atoms with Crippen LogP contribution in [0, 0.1) is 0 Å². The van der Waals surface area contributed by atoms with Crippen LogP contribution in [0.2, 0.25) is 0 Å². The van der Waals surface area contributed by atoms with Crippen LogP contribution in [0.4, 0.5) is 11.4 Å². The average molecular weight is 489 g/mol. The van der Waals surface area contributed by atoms with Gasteiger partial charge in [0.25, 0.3) is 5.91 Å². The third-order valence-corrected chi connectivity index (χ3v) is 8.27. The zero-order valence-corrected chi connectivity index (χ0v) is 20.3. The molecule has 1 atom stereocenters. The van der Waals surface area contributed by atoms with Gasteiger partial charge in [-0.3, -0.25) is 24.2 Å². The normalized spacial score (nSPS) is 21.3. The number of imide groups is 1. The van der Waals surface area contributed by atoms with Crippen LogP contribution in [0.1, 0.15) is 45.4 Å². The smallest absolute Gasteiger partial charge is 0.257 e. The molecule has 176 valence electrons. The summed E-state index contributed by atoms with van der Waals surface area (Å²) in [5.74, 6) is 0.201. The van der Waals surface area contributed by atoms with Gasteiger partial charge in [0.1, 0.15) is 10.4 Å². The largest absolute Gasteiger partial charge is 0.326 e. The summed E-state index contributed by atoms with van der Waals surface area (Å²) >= 11 is 3.08. The van der Waals surface area contributed by atoms with E-state index in [1.54, 1.807) is 40.9 Å². The first-order valence-corrected chi connectivity index (χ1v) is 13.3. The summed E-state index contributed by atoms with van der Waals surface area (Å²) in [5.41, 5.74) is 1.04. The van der Waals surface area contributed by atoms with E-state index in [0.29, 0.717) is 11.4 Å². The minimum Gasteiger partial charge on any atom is -0.326 e. The van der Waals surface area contributed by atoms with Gasteiger partial charge in [-0.05, 0) is 37.1 Å². The predicted molar refractivity (Wildman–Crippen MR) is 133 cm³/mol. The fraction of sp³-hybridized carbons (Fsp3) is 0.522. The second-order valence-electron chi connectivity index (χ2n) is 8.39. The van der Waals surface area contributed by atoms with Crippen molar-refractivity contribution in [3.63, 3.8) is 0 Å². The van der Waals surface area contributed by atoms with E-state index in [1.807, 2.05) is 0 Å². The van der Waals surface area contributed by atoms with E-state index in [9.17, 15) is 19.2 Å². The molecule has 10 heteroatoms. The van der Waals surface area contributed by atoms with Crippen LogP contribution in [0.5, 0.6) is 0 Å². The van der Waals surface area contributed by atoms with Gasteiger partial charge < -0.3 is 10.2 Å². The van der Waals surface area contributed by atoms with Gasteiger partial charge in [-0.1, -0.05) is 42.8 Å². The topological polar surface area (TPSA) is 99.2 Å². The molecule has 1 aromatic rings. The number of amides is 4. The molecule has 2 fully saturated rings. The van der Waals surface area contributed by atoms with Gasteiger partial charge in [-0.25, -0.2) is 4.90 Å². The van der Waals surface area contributed by atoms with Crippen LogP contribution in [0.25, 0.3) is 0 Å². The second kappa shape index (κ2) is 10.7. The van der Waals surface area contributed by atoms with E-state index in [1.165, 1.54) is 23.6 Å². The molecule has 4 rings (SSSR count). The lowest BCUT2D eigenvalue weighted by Gasteiger charge is -2.37. The van der Waals surface area contributed by atoms with E-state index >= 15 is 0 Å². The summed E-state index contributed by atoms with van der Waals surface area (Å²) in [6.07, 6.45) is 4.88. The molecule has 8 nitrogen and oxygen atoms in total. The maximum Gasteiger partial charge on any atom is 0.257 e. The van der Waals surface area contributed by atoms with Crippen molar-refractivity contribution < 1.29 is 19.2 Å². The molecule has 0 radical (unpaired) electrons. The van der Waals surface area contributed by atoms with Crippen molar-refractivity contribution in [2.24, 2.45) is 4.99 Å². The summed E-state index contributed by atoms with van der Waals surface area (Å²) in [5, 5.41) is 2.67. The Labute approximate surface area is 201 Å². The van der Waals surface area contributed by atoms with E-state index in [4.69, 9.17) is 0 Å². The Morgan fingerprint density at radius 3 is 2.55 bits per heavy atom. The molecular weight excluding hydrogens is 460 g/mol. The Kier molecular flexibility index (Phi) is 7.75. The van der Waals surface area contributed by atoms with E-state index in [2.05, 4.69) is 10.3 Å². The Bertz CT molecular complexity index is 960. The number of carbonyl (C=O) groups excluding carboxylic acids is 4. The van der Waals surface area contributed by atoms with Crippen LogP contribution >= 0.6 is 23.5 Å². The van der Waals surface area contributed by atoms with Gasteiger partial charge >= 0.3 is 0 Å². The SMILES string of the molecule is CC(=O)Nc1ccc(N2C(=O)CC(N(C(=O)CSC3=NCCS3)C3CCCCC3)C2=O)cc1. The number of anilines is 2. The molecule has 2 aliphatic heterocycles. The first-order valence-electron chi connectivity index (χ1n) is 11.3. The van der Waals surface area contributed by atoms with Crippen molar-refractivity contribution in [2.75, 3.05) is 28.3 Å². The summed E-state index contributed by atoms with van der Waals surface area (Å²) < 4.78 is 0.918. The lowest BCUT2D eigenvalue weighted by Crippen LogP contribution is -2.52. The number of aliphatic imine (C=N–C) groups is 1. The standard InChI is InChI=1S/C23H28N4O4S2/c1-15(28)25-16-7-9-18(10-8-16)27-20(29)13-19(22(27)31)26(17-5-3-2-4-6-17)21(30)14-33-23-24-11-12-32-23/h7-10,17,19H,2-6,11-14H2,1H3,(H,25,28). The molecule has 1 aliphatic carbocycles. The third kappa shape index (κ3) is 5.60. The Hall–Kier alpha value is -2.33. The van der Waals surface area contributed by atoms with Crippen molar-refractivity contribution in [1.82, 2.24) is 4.90 Å². The summed E-state index contributed by atoms with van der Waals surface area (Å²) in [7, 11) is 0. The van der Waals surface area contributed by atoms with Crippen molar-refractivity contribution >= 4 is 62.9 Å². The van der Waals surface area contributed by atoms with Crippen molar-refractivity contribution in [2.45, 2.75) is 57.5 Å². The van der Waals surface area contributed by atoms with Crippen LogP contribution in [0.3, 0.4) is 0 Å². The number of carbonyl (C=O) groups is 4. The number of hydrogen-bond acceptors (Lipinski definition) is 7. The van der Waals surface area contributed by atoms with E-state index in [0.717, 1.165) is 48.8 Å². The van der Waals surface area contributed by atoms with Crippen molar-refractivity contribution in [3.8, 4) is 0 Å². The highest BCUT2D eigenvalue weighted by molar-refractivity contribution is 8.39. The summed E-state index contributed by atoms with van der Waals surface area (Å²) in [6.45, 7) is 2.19. The molecule has 0 aromatic heterocycles. The molecular formula is C23H28N4O4S2. The van der Waals surface area contributed by atoms with Crippen LogP contribution in [-0.2, 0) is 19.2 Å². The Balaban J connectivity index is 1.52. The van der Waals surface area contributed by atoms with Crippen molar-refractivity contribution in [1.29, 1.82) is 0 Å². The highest BCUT2D eigenvalue weighted by Gasteiger charge is 2.46. The molecule has 2 heterocycles. The second-order valence-corrected chi connectivity index (χ2v) is 10.7. The molecule has 1 aromatic carbocycles. The lowest BCUT2D eigenvalue weighted by molar-refractivity contribution is -0.139. The van der Waals surface area contributed by atoms with E-state index in [-0.39, 0.29) is 41.8 Å². The average Bonchev–Trinajstić information content (AvgIpc) is 3.42. The highest BCUT2D eigenvalue weighted by atomic mass is 32.2. The third-order valence-electron chi connectivity index (χ3n) is 6.04. The maximum absolute atomic E-state index is 13.4. The molecule has 1 N–H and O–H groups in total.